The first-order valence-corrected chi connectivity index (χ1v) is 7.41. The van der Waals surface area contributed by atoms with Gasteiger partial charge in [0.2, 0.25) is 0 Å². The van der Waals surface area contributed by atoms with Gasteiger partial charge in [0.25, 0.3) is 17.7 Å². The van der Waals surface area contributed by atoms with Crippen LogP contribution in [-0.2, 0) is 0 Å². The number of amides is 1. The SMILES string of the molecule is O=C(Nc1noc(-c2sccc2Cl)n1)c1ccc(Cl)cc1. The molecular formula is C13H7Cl2N3O2S. The predicted octanol–water partition coefficient (Wildman–Crippen LogP) is 4.36. The van der Waals surface area contributed by atoms with Gasteiger partial charge >= 0.3 is 0 Å². The van der Waals surface area contributed by atoms with Crippen LogP contribution in [0.2, 0.25) is 10.0 Å². The van der Waals surface area contributed by atoms with E-state index in [-0.39, 0.29) is 17.7 Å². The van der Waals surface area contributed by atoms with Gasteiger partial charge in [-0.15, -0.1) is 11.3 Å². The van der Waals surface area contributed by atoms with Gasteiger partial charge in [-0.2, -0.15) is 4.98 Å². The standard InChI is InChI=1S/C13H7Cl2N3O2S/c14-8-3-1-7(2-4-8)11(19)16-13-17-12(20-18-13)10-9(15)5-6-21-10/h1-6H,(H,16,18,19). The van der Waals surface area contributed by atoms with E-state index in [1.54, 1.807) is 30.3 Å². The number of nitrogens with one attached hydrogen (secondary N) is 1. The maximum Gasteiger partial charge on any atom is 0.271 e. The molecule has 2 heterocycles. The number of carbonyl (C=O) groups is 1. The van der Waals surface area contributed by atoms with E-state index in [1.807, 2.05) is 5.38 Å². The average Bonchev–Trinajstić information content (AvgIpc) is 3.08. The van der Waals surface area contributed by atoms with Gasteiger partial charge in [-0.1, -0.05) is 23.2 Å². The first-order chi connectivity index (χ1) is 10.1. The van der Waals surface area contributed by atoms with Gasteiger partial charge in [0.05, 0.1) is 5.02 Å². The van der Waals surface area contributed by atoms with Crippen LogP contribution in [0.3, 0.4) is 0 Å². The Bertz CT molecular complexity index is 783. The quantitative estimate of drug-likeness (QED) is 0.769. The van der Waals surface area contributed by atoms with Crippen molar-refractivity contribution in [2.75, 3.05) is 5.32 Å². The molecule has 0 spiro atoms. The van der Waals surface area contributed by atoms with E-state index in [0.29, 0.717) is 20.5 Å². The molecule has 0 aliphatic rings. The molecule has 3 aromatic rings. The summed E-state index contributed by atoms with van der Waals surface area (Å²) >= 11 is 13.1. The second-order valence-electron chi connectivity index (χ2n) is 3.98. The van der Waals surface area contributed by atoms with Crippen molar-refractivity contribution < 1.29 is 9.32 Å². The van der Waals surface area contributed by atoms with Crippen molar-refractivity contribution in [2.45, 2.75) is 0 Å². The summed E-state index contributed by atoms with van der Waals surface area (Å²) in [4.78, 5) is 16.7. The highest BCUT2D eigenvalue weighted by Gasteiger charge is 2.15. The highest BCUT2D eigenvalue weighted by molar-refractivity contribution is 7.14. The first kappa shape index (κ1) is 14.1. The fourth-order valence-electron chi connectivity index (χ4n) is 1.59. The summed E-state index contributed by atoms with van der Waals surface area (Å²) in [5.74, 6) is -0.00730. The lowest BCUT2D eigenvalue weighted by Gasteiger charge is -1.99. The number of carbonyl (C=O) groups excluding carboxylic acids is 1. The first-order valence-electron chi connectivity index (χ1n) is 5.77. The van der Waals surface area contributed by atoms with E-state index >= 15 is 0 Å². The van der Waals surface area contributed by atoms with Crippen molar-refractivity contribution in [3.8, 4) is 10.8 Å². The molecule has 0 fully saturated rings. The fraction of sp³-hybridized carbons (Fsp3) is 0. The summed E-state index contributed by atoms with van der Waals surface area (Å²) in [6, 6.07) is 8.20. The number of nitrogens with zero attached hydrogens (tertiary/aromatic N) is 2. The van der Waals surface area contributed by atoms with Crippen molar-refractivity contribution in [2.24, 2.45) is 0 Å². The van der Waals surface area contributed by atoms with Crippen LogP contribution in [0.4, 0.5) is 5.95 Å². The van der Waals surface area contributed by atoms with Gasteiger partial charge in [-0.05, 0) is 40.9 Å². The molecule has 0 saturated heterocycles. The van der Waals surface area contributed by atoms with Crippen molar-refractivity contribution in [3.63, 3.8) is 0 Å². The molecule has 1 amide bonds. The van der Waals surface area contributed by atoms with E-state index in [1.165, 1.54) is 11.3 Å². The predicted molar refractivity (Wildman–Crippen MR) is 82.0 cm³/mol. The molecule has 0 atom stereocenters. The zero-order valence-corrected chi connectivity index (χ0v) is 12.7. The maximum absolute atomic E-state index is 12.0. The van der Waals surface area contributed by atoms with Gasteiger partial charge in [-0.25, -0.2) is 0 Å². The van der Waals surface area contributed by atoms with E-state index in [4.69, 9.17) is 27.7 Å². The minimum atomic E-state index is -0.351. The molecule has 0 bridgehead atoms. The van der Waals surface area contributed by atoms with E-state index in [2.05, 4.69) is 15.5 Å². The number of aromatic nitrogens is 2. The lowest BCUT2D eigenvalue weighted by molar-refractivity contribution is 0.102. The molecule has 0 aliphatic heterocycles. The molecule has 5 nitrogen and oxygen atoms in total. The molecule has 0 radical (unpaired) electrons. The Labute approximate surface area is 133 Å². The Morgan fingerprint density at radius 2 is 1.95 bits per heavy atom. The van der Waals surface area contributed by atoms with Gasteiger partial charge in [0, 0.05) is 10.6 Å². The third-order valence-electron chi connectivity index (χ3n) is 2.57. The van der Waals surface area contributed by atoms with Crippen LogP contribution in [0.1, 0.15) is 10.4 Å². The second kappa shape index (κ2) is 5.85. The third kappa shape index (κ3) is 3.07. The van der Waals surface area contributed by atoms with Crippen LogP contribution in [0.25, 0.3) is 10.8 Å². The second-order valence-corrected chi connectivity index (χ2v) is 5.74. The number of hydrogen-bond donors (Lipinski definition) is 1. The maximum atomic E-state index is 12.0. The summed E-state index contributed by atoms with van der Waals surface area (Å²) < 4.78 is 5.07. The van der Waals surface area contributed by atoms with Crippen molar-refractivity contribution in [1.29, 1.82) is 0 Å². The normalized spacial score (nSPS) is 10.6. The van der Waals surface area contributed by atoms with Gasteiger partial charge in [-0.3, -0.25) is 10.1 Å². The molecule has 1 N–H and O–H groups in total. The number of halogens is 2. The number of benzene rings is 1. The fourth-order valence-corrected chi connectivity index (χ4v) is 2.77. The zero-order chi connectivity index (χ0) is 14.8. The molecule has 0 saturated carbocycles. The number of hydrogen-bond acceptors (Lipinski definition) is 5. The average molecular weight is 340 g/mol. The van der Waals surface area contributed by atoms with Crippen LogP contribution >= 0.6 is 34.5 Å². The summed E-state index contributed by atoms with van der Waals surface area (Å²) in [7, 11) is 0. The van der Waals surface area contributed by atoms with E-state index in [9.17, 15) is 4.79 Å². The molecule has 8 heteroatoms. The molecule has 0 aliphatic carbocycles. The summed E-state index contributed by atoms with van der Waals surface area (Å²) in [6.45, 7) is 0. The van der Waals surface area contributed by atoms with Crippen LogP contribution in [-0.4, -0.2) is 16.0 Å². The number of rotatable bonds is 3. The number of anilines is 1. The topological polar surface area (TPSA) is 68.0 Å². The molecule has 106 valence electrons. The lowest BCUT2D eigenvalue weighted by Crippen LogP contribution is -2.12. The lowest BCUT2D eigenvalue weighted by atomic mass is 10.2. The summed E-state index contributed by atoms with van der Waals surface area (Å²) in [6.07, 6.45) is 0. The molecular weight excluding hydrogens is 333 g/mol. The largest absolute Gasteiger partial charge is 0.331 e. The molecule has 1 aromatic carbocycles. The molecule has 2 aromatic heterocycles. The van der Waals surface area contributed by atoms with Crippen LogP contribution < -0.4 is 5.32 Å². The van der Waals surface area contributed by atoms with Crippen LogP contribution in [0.15, 0.2) is 40.2 Å². The molecule has 0 unspecified atom stereocenters. The van der Waals surface area contributed by atoms with Crippen molar-refractivity contribution in [1.82, 2.24) is 10.1 Å². The Morgan fingerprint density at radius 1 is 1.19 bits per heavy atom. The smallest absolute Gasteiger partial charge is 0.271 e. The minimum absolute atomic E-state index is 0.0782. The monoisotopic (exact) mass is 339 g/mol. The highest BCUT2D eigenvalue weighted by Crippen LogP contribution is 2.32. The minimum Gasteiger partial charge on any atom is -0.331 e. The van der Waals surface area contributed by atoms with E-state index < -0.39 is 0 Å². The van der Waals surface area contributed by atoms with Crippen LogP contribution in [0.5, 0.6) is 0 Å². The molecule has 3 rings (SSSR count). The number of thiophene rings is 1. The zero-order valence-electron chi connectivity index (χ0n) is 10.3. The highest BCUT2D eigenvalue weighted by atomic mass is 35.5. The Hall–Kier alpha value is -1.89. The van der Waals surface area contributed by atoms with E-state index in [0.717, 1.165) is 0 Å². The Morgan fingerprint density at radius 3 is 2.62 bits per heavy atom. The third-order valence-corrected chi connectivity index (χ3v) is 4.15. The van der Waals surface area contributed by atoms with Crippen molar-refractivity contribution in [3.05, 3.63) is 51.3 Å². The summed E-state index contributed by atoms with van der Waals surface area (Å²) in [5, 5.41) is 9.14. The Kier molecular flexibility index (Phi) is 3.92. The summed E-state index contributed by atoms with van der Waals surface area (Å²) in [5.41, 5.74) is 0.444. The van der Waals surface area contributed by atoms with Gasteiger partial charge < -0.3 is 4.52 Å². The van der Waals surface area contributed by atoms with Crippen LogP contribution in [0, 0.1) is 0 Å². The van der Waals surface area contributed by atoms with Crippen molar-refractivity contribution >= 4 is 46.4 Å². The Balaban J connectivity index is 1.77. The molecule has 21 heavy (non-hydrogen) atoms. The van der Waals surface area contributed by atoms with Gasteiger partial charge in [0.15, 0.2) is 0 Å². The van der Waals surface area contributed by atoms with Gasteiger partial charge in [0.1, 0.15) is 4.88 Å².